The van der Waals surface area contributed by atoms with Crippen LogP contribution in [-0.4, -0.2) is 11.7 Å². The zero-order valence-corrected chi connectivity index (χ0v) is 16.3. The number of carbonyl (C=O) groups is 2. The monoisotopic (exact) mass is 447 g/mol. The lowest BCUT2D eigenvalue weighted by molar-refractivity contribution is -0.120. The molecule has 2 aromatic rings. The van der Waals surface area contributed by atoms with E-state index in [9.17, 15) is 9.59 Å². The van der Waals surface area contributed by atoms with Crippen molar-refractivity contribution >= 4 is 40.0 Å². The van der Waals surface area contributed by atoms with E-state index in [0.717, 1.165) is 34.8 Å². The van der Waals surface area contributed by atoms with Crippen LogP contribution in [0.25, 0.3) is 0 Å². The van der Waals surface area contributed by atoms with Gasteiger partial charge in [-0.3, -0.25) is 9.59 Å². The second-order valence-corrected chi connectivity index (χ2v) is 7.85. The fraction of sp³-hybridized carbons (Fsp3) is 0.333. The fourth-order valence-corrected chi connectivity index (χ4v) is 3.97. The van der Waals surface area contributed by atoms with Gasteiger partial charge in [-0.1, -0.05) is 43.5 Å². The molecule has 1 saturated carbocycles. The fourth-order valence-electron chi connectivity index (χ4n) is 3.36. The second-order valence-electron chi connectivity index (χ2n) is 6.60. The van der Waals surface area contributed by atoms with Gasteiger partial charge in [0.2, 0.25) is 5.91 Å². The molecule has 130 valence electrons. The van der Waals surface area contributed by atoms with Crippen molar-refractivity contribution in [3.05, 3.63) is 63.2 Å². The highest BCUT2D eigenvalue weighted by molar-refractivity contribution is 14.1. The Hall–Kier alpha value is -1.69. The molecule has 1 N–H and O–H groups in total. The van der Waals surface area contributed by atoms with Gasteiger partial charge < -0.3 is 5.32 Å². The molecule has 0 radical (unpaired) electrons. The lowest BCUT2D eigenvalue weighted by Gasteiger charge is -2.21. The van der Waals surface area contributed by atoms with E-state index < -0.39 is 0 Å². The number of halogens is 1. The van der Waals surface area contributed by atoms with Crippen molar-refractivity contribution < 1.29 is 9.59 Å². The number of hydrogen-bond acceptors (Lipinski definition) is 2. The summed E-state index contributed by atoms with van der Waals surface area (Å²) in [6.45, 7) is 0. The van der Waals surface area contributed by atoms with Gasteiger partial charge in [0.15, 0.2) is 5.78 Å². The van der Waals surface area contributed by atoms with Crippen LogP contribution in [0.3, 0.4) is 0 Å². The van der Waals surface area contributed by atoms with Crippen LogP contribution in [0.1, 0.15) is 48.0 Å². The van der Waals surface area contributed by atoms with E-state index in [1.807, 2.05) is 42.5 Å². The first-order valence-electron chi connectivity index (χ1n) is 8.81. The lowest BCUT2D eigenvalue weighted by Crippen LogP contribution is -2.25. The Kier molecular flexibility index (Phi) is 6.24. The molecular weight excluding hydrogens is 425 g/mol. The van der Waals surface area contributed by atoms with Gasteiger partial charge in [-0.25, -0.2) is 0 Å². The summed E-state index contributed by atoms with van der Waals surface area (Å²) in [6.07, 6.45) is 5.69. The number of para-hydroxylation sites is 1. The third-order valence-corrected chi connectivity index (χ3v) is 5.39. The van der Waals surface area contributed by atoms with Gasteiger partial charge >= 0.3 is 0 Å². The molecule has 0 atom stereocenters. The molecule has 0 aliphatic heterocycles. The number of hydrogen-bond donors (Lipinski definition) is 1. The zero-order chi connectivity index (χ0) is 17.6. The second kappa shape index (κ2) is 8.61. The summed E-state index contributed by atoms with van der Waals surface area (Å²) in [5.74, 6) is 0.156. The summed E-state index contributed by atoms with van der Waals surface area (Å²) in [4.78, 5) is 25.3. The summed E-state index contributed by atoms with van der Waals surface area (Å²) in [6, 6.07) is 15.3. The Morgan fingerprint density at radius 1 is 1.00 bits per heavy atom. The van der Waals surface area contributed by atoms with Gasteiger partial charge in [-0.05, 0) is 65.3 Å². The van der Waals surface area contributed by atoms with E-state index in [1.165, 1.54) is 6.42 Å². The topological polar surface area (TPSA) is 46.2 Å². The van der Waals surface area contributed by atoms with Crippen molar-refractivity contribution in [1.82, 2.24) is 0 Å². The molecule has 2 aromatic carbocycles. The molecular formula is C21H22INO2. The van der Waals surface area contributed by atoms with Crippen molar-refractivity contribution in [2.75, 3.05) is 5.32 Å². The molecule has 25 heavy (non-hydrogen) atoms. The molecule has 0 saturated heterocycles. The number of nitrogens with one attached hydrogen (secondary N) is 1. The van der Waals surface area contributed by atoms with Crippen LogP contribution < -0.4 is 5.32 Å². The Morgan fingerprint density at radius 2 is 1.76 bits per heavy atom. The van der Waals surface area contributed by atoms with Crippen molar-refractivity contribution in [2.24, 2.45) is 5.92 Å². The van der Waals surface area contributed by atoms with Crippen molar-refractivity contribution in [3.8, 4) is 0 Å². The number of carbonyl (C=O) groups excluding carboxylic acids is 2. The van der Waals surface area contributed by atoms with E-state index >= 15 is 0 Å². The molecule has 1 aliphatic rings. The predicted molar refractivity (Wildman–Crippen MR) is 109 cm³/mol. The number of Topliss-reactive ketones (excluding diaryl/α,β-unsaturated/α-hetero) is 1. The first-order chi connectivity index (χ1) is 12.1. The highest BCUT2D eigenvalue weighted by atomic mass is 127. The molecule has 1 amide bonds. The van der Waals surface area contributed by atoms with Gasteiger partial charge in [-0.15, -0.1) is 0 Å². The first-order valence-corrected chi connectivity index (χ1v) is 9.89. The molecule has 3 nitrogen and oxygen atoms in total. The van der Waals surface area contributed by atoms with Gasteiger partial charge in [0.1, 0.15) is 0 Å². The highest BCUT2D eigenvalue weighted by Gasteiger charge is 2.22. The van der Waals surface area contributed by atoms with Gasteiger partial charge in [0.05, 0.1) is 5.69 Å². The Balaban J connectivity index is 1.73. The molecule has 0 heterocycles. The summed E-state index contributed by atoms with van der Waals surface area (Å²) in [5.41, 5.74) is 2.21. The molecule has 3 rings (SSSR count). The van der Waals surface area contributed by atoms with Crippen LogP contribution >= 0.6 is 22.6 Å². The number of amides is 1. The molecule has 0 aromatic heterocycles. The standard InChI is InChI=1S/C21H22INO2/c22-17-10-6-7-15(13-17)14-20(24)18-11-4-5-12-19(18)23-21(25)16-8-2-1-3-9-16/h4-7,10-13,16H,1-3,8-9,14H2,(H,23,25). The van der Waals surface area contributed by atoms with Crippen LogP contribution in [0.2, 0.25) is 0 Å². The molecule has 0 spiro atoms. The van der Waals surface area contributed by atoms with E-state index in [0.29, 0.717) is 17.7 Å². The molecule has 0 unspecified atom stereocenters. The normalized spacial score (nSPS) is 14.9. The molecule has 1 aliphatic carbocycles. The SMILES string of the molecule is O=C(Cc1cccc(I)c1)c1ccccc1NC(=O)C1CCCCC1. The van der Waals surface area contributed by atoms with E-state index in [4.69, 9.17) is 0 Å². The van der Waals surface area contributed by atoms with E-state index in [-0.39, 0.29) is 17.6 Å². The van der Waals surface area contributed by atoms with E-state index in [2.05, 4.69) is 27.9 Å². The quantitative estimate of drug-likeness (QED) is 0.504. The smallest absolute Gasteiger partial charge is 0.227 e. The maximum absolute atomic E-state index is 12.8. The average Bonchev–Trinajstić information content (AvgIpc) is 2.63. The van der Waals surface area contributed by atoms with Crippen LogP contribution in [0.15, 0.2) is 48.5 Å². The summed E-state index contributed by atoms with van der Waals surface area (Å²) in [5, 5.41) is 3.00. The van der Waals surface area contributed by atoms with Crippen molar-refractivity contribution in [3.63, 3.8) is 0 Å². The Bertz CT molecular complexity index is 766. The maximum Gasteiger partial charge on any atom is 0.227 e. The minimum Gasteiger partial charge on any atom is -0.325 e. The minimum absolute atomic E-state index is 0.0292. The van der Waals surface area contributed by atoms with Crippen LogP contribution in [0, 0.1) is 9.49 Å². The number of anilines is 1. The average molecular weight is 447 g/mol. The zero-order valence-electron chi connectivity index (χ0n) is 14.1. The Morgan fingerprint density at radius 3 is 2.52 bits per heavy atom. The minimum atomic E-state index is 0.0292. The molecule has 0 bridgehead atoms. The molecule has 4 heteroatoms. The van der Waals surface area contributed by atoms with Crippen molar-refractivity contribution in [1.29, 1.82) is 0 Å². The van der Waals surface area contributed by atoms with Crippen LogP contribution in [-0.2, 0) is 11.2 Å². The number of benzene rings is 2. The third-order valence-electron chi connectivity index (χ3n) is 4.72. The Labute approximate surface area is 162 Å². The van der Waals surface area contributed by atoms with Gasteiger partial charge in [0, 0.05) is 21.5 Å². The lowest BCUT2D eigenvalue weighted by atomic mass is 9.88. The maximum atomic E-state index is 12.8. The number of ketones is 1. The first kappa shape index (κ1) is 18.1. The van der Waals surface area contributed by atoms with Crippen LogP contribution in [0.4, 0.5) is 5.69 Å². The van der Waals surface area contributed by atoms with E-state index in [1.54, 1.807) is 6.07 Å². The highest BCUT2D eigenvalue weighted by Crippen LogP contribution is 2.26. The summed E-state index contributed by atoms with van der Waals surface area (Å²) < 4.78 is 1.11. The number of rotatable bonds is 5. The summed E-state index contributed by atoms with van der Waals surface area (Å²) in [7, 11) is 0. The molecule has 1 fully saturated rings. The third kappa shape index (κ3) is 4.91. The summed E-state index contributed by atoms with van der Waals surface area (Å²) >= 11 is 2.25. The van der Waals surface area contributed by atoms with Gasteiger partial charge in [-0.2, -0.15) is 0 Å². The van der Waals surface area contributed by atoms with Gasteiger partial charge in [0.25, 0.3) is 0 Å². The predicted octanol–water partition coefficient (Wildman–Crippen LogP) is 5.24. The van der Waals surface area contributed by atoms with Crippen LogP contribution in [0.5, 0.6) is 0 Å². The largest absolute Gasteiger partial charge is 0.325 e. The van der Waals surface area contributed by atoms with Crippen molar-refractivity contribution in [2.45, 2.75) is 38.5 Å².